The molecule has 0 saturated carbocycles. The van der Waals surface area contributed by atoms with Crippen LogP contribution in [0.3, 0.4) is 0 Å². The van der Waals surface area contributed by atoms with Gasteiger partial charge in [0.1, 0.15) is 0 Å². The fourth-order valence-electron chi connectivity index (χ4n) is 1.19. The Balaban J connectivity index is 3.14. The van der Waals surface area contributed by atoms with E-state index < -0.39 is 8.07 Å². The molecule has 0 N–H and O–H groups in total. The summed E-state index contributed by atoms with van der Waals surface area (Å²) in [6.45, 7) is 9.20. The van der Waals surface area contributed by atoms with Gasteiger partial charge in [-0.05, 0) is 12.1 Å². The van der Waals surface area contributed by atoms with E-state index in [-0.39, 0.29) is 0 Å². The van der Waals surface area contributed by atoms with E-state index in [1.165, 1.54) is 15.9 Å². The molecule has 0 spiro atoms. The van der Waals surface area contributed by atoms with E-state index in [2.05, 4.69) is 44.8 Å². The second-order valence-corrected chi connectivity index (χ2v) is 10.7. The lowest BCUT2D eigenvalue weighted by Gasteiger charge is -2.17. The molecule has 0 bridgehead atoms. The molecule has 0 fully saturated rings. The first-order chi connectivity index (χ1) is 5.95. The van der Waals surface area contributed by atoms with Crippen LogP contribution in [0.25, 0.3) is 0 Å². The number of halogens is 1. The van der Waals surface area contributed by atoms with Crippen LogP contribution in [0, 0.1) is 6.92 Å². The number of hydrogen-bond donors (Lipinski definition) is 0. The van der Waals surface area contributed by atoms with Crippen LogP contribution in [0.15, 0.2) is 18.2 Å². The highest BCUT2D eigenvalue weighted by Gasteiger charge is 2.16. The summed E-state index contributed by atoms with van der Waals surface area (Å²) in [6.07, 6.45) is 0. The maximum absolute atomic E-state index is 5.90. The van der Waals surface area contributed by atoms with Crippen LogP contribution in [0.1, 0.15) is 5.56 Å². The van der Waals surface area contributed by atoms with Crippen LogP contribution in [-0.2, 0) is 0 Å². The minimum atomic E-state index is -1.16. The van der Waals surface area contributed by atoms with Gasteiger partial charge >= 0.3 is 0 Å². The summed E-state index contributed by atoms with van der Waals surface area (Å²) >= 11 is 5.90. The molecule has 13 heavy (non-hydrogen) atoms. The Morgan fingerprint density at radius 1 is 1.23 bits per heavy atom. The van der Waals surface area contributed by atoms with Gasteiger partial charge in [-0.2, -0.15) is 11.1 Å². The van der Waals surface area contributed by atoms with Gasteiger partial charge in [-0.3, -0.25) is 0 Å². The van der Waals surface area contributed by atoms with Gasteiger partial charge in [0.05, 0.1) is 8.07 Å². The maximum atomic E-state index is 5.90. The molecule has 3 heteroatoms. The second kappa shape index (κ2) is 3.99. The zero-order valence-corrected chi connectivity index (χ0v) is 11.4. The minimum Gasteiger partial charge on any atom is -0.165 e. The summed E-state index contributed by atoms with van der Waals surface area (Å²) in [4.78, 5) is 0. The number of hydrogen-bond acceptors (Lipinski definition) is 0. The summed E-state index contributed by atoms with van der Waals surface area (Å²) in [7, 11) is -0.759. The molecular formula is C10H15ClSi2. The van der Waals surface area contributed by atoms with Crippen molar-refractivity contribution in [1.29, 1.82) is 0 Å². The van der Waals surface area contributed by atoms with Gasteiger partial charge in [-0.25, -0.2) is 0 Å². The minimum absolute atomic E-state index is 0.399. The summed E-state index contributed by atoms with van der Waals surface area (Å²) in [5.74, 6) is 0. The van der Waals surface area contributed by atoms with E-state index in [1.54, 1.807) is 0 Å². The predicted molar refractivity (Wildman–Crippen MR) is 65.4 cm³/mol. The van der Waals surface area contributed by atoms with Crippen molar-refractivity contribution in [1.82, 2.24) is 0 Å². The third-order valence-corrected chi connectivity index (χ3v) is 5.60. The highest BCUT2D eigenvalue weighted by atomic mass is 35.6. The van der Waals surface area contributed by atoms with Crippen LogP contribution in [0.4, 0.5) is 0 Å². The summed E-state index contributed by atoms with van der Waals surface area (Å²) in [6, 6.07) is 6.73. The highest BCUT2D eigenvalue weighted by molar-refractivity contribution is 7.01. The van der Waals surface area contributed by atoms with Crippen molar-refractivity contribution in [3.63, 3.8) is 0 Å². The highest BCUT2D eigenvalue weighted by Crippen LogP contribution is 2.02. The maximum Gasteiger partial charge on any atom is 0.210 e. The molecule has 0 unspecified atom stereocenters. The topological polar surface area (TPSA) is 0 Å². The summed E-state index contributed by atoms with van der Waals surface area (Å²) in [5.41, 5.74) is 1.32. The molecule has 1 aromatic rings. The van der Waals surface area contributed by atoms with Crippen molar-refractivity contribution in [3.05, 3.63) is 23.8 Å². The first-order valence-corrected chi connectivity index (χ1v) is 9.94. The van der Waals surface area contributed by atoms with Gasteiger partial charge < -0.3 is 0 Å². The average molecular weight is 227 g/mol. The van der Waals surface area contributed by atoms with Crippen molar-refractivity contribution in [2.75, 3.05) is 0 Å². The Bertz CT molecular complexity index is 302. The van der Waals surface area contributed by atoms with E-state index in [9.17, 15) is 0 Å². The average Bonchev–Trinajstić information content (AvgIpc) is 2.03. The normalized spacial score (nSPS) is 11.8. The van der Waals surface area contributed by atoms with Gasteiger partial charge in [0, 0.05) is 0 Å². The fraction of sp³-hybridized carbons (Fsp3) is 0.400. The first-order valence-electron chi connectivity index (χ1n) is 4.43. The zero-order valence-electron chi connectivity index (χ0n) is 8.61. The quantitative estimate of drug-likeness (QED) is 0.535. The molecule has 0 amide bonds. The van der Waals surface area contributed by atoms with Crippen LogP contribution >= 0.6 is 11.1 Å². The SMILES string of the molecule is Cc1ccc([Si](C)(C)C)cc1[Si]Cl. The predicted octanol–water partition coefficient (Wildman–Crippen LogP) is 2.02. The first kappa shape index (κ1) is 11.0. The molecular weight excluding hydrogens is 212 g/mol. The number of benzene rings is 1. The Labute approximate surface area is 88.9 Å². The largest absolute Gasteiger partial charge is 0.210 e. The molecule has 0 nitrogen and oxygen atoms in total. The van der Waals surface area contributed by atoms with Crippen LogP contribution in [0.2, 0.25) is 19.6 Å². The van der Waals surface area contributed by atoms with E-state index in [0.29, 0.717) is 8.83 Å². The molecule has 0 aliphatic heterocycles. The Morgan fingerprint density at radius 2 is 1.85 bits per heavy atom. The fourth-order valence-corrected chi connectivity index (χ4v) is 3.55. The van der Waals surface area contributed by atoms with Crippen molar-refractivity contribution in [2.45, 2.75) is 26.6 Å². The standard InChI is InChI=1S/C10H15ClSi2/c1-8-5-6-9(13(2,3)4)7-10(8)12-11/h5-7H,1-4H3. The van der Waals surface area contributed by atoms with E-state index in [0.717, 1.165) is 0 Å². The Morgan fingerprint density at radius 3 is 2.31 bits per heavy atom. The third kappa shape index (κ3) is 2.69. The summed E-state index contributed by atoms with van der Waals surface area (Å²) < 4.78 is 0. The van der Waals surface area contributed by atoms with Gasteiger partial charge in [-0.15, -0.1) is 0 Å². The summed E-state index contributed by atoms with van der Waals surface area (Å²) in [5, 5.41) is 2.81. The zero-order chi connectivity index (χ0) is 10.1. The third-order valence-electron chi connectivity index (χ3n) is 2.21. The smallest absolute Gasteiger partial charge is 0.165 e. The molecule has 0 aliphatic carbocycles. The van der Waals surface area contributed by atoms with Crippen molar-refractivity contribution in [3.8, 4) is 0 Å². The molecule has 0 atom stereocenters. The lowest BCUT2D eigenvalue weighted by Crippen LogP contribution is -2.40. The van der Waals surface area contributed by atoms with Gasteiger partial charge in [0.2, 0.25) is 8.83 Å². The molecule has 0 aliphatic rings. The van der Waals surface area contributed by atoms with Crippen molar-refractivity contribution < 1.29 is 0 Å². The van der Waals surface area contributed by atoms with Crippen LogP contribution in [-0.4, -0.2) is 16.9 Å². The van der Waals surface area contributed by atoms with Gasteiger partial charge in [0.15, 0.2) is 0 Å². The van der Waals surface area contributed by atoms with Crippen LogP contribution < -0.4 is 10.4 Å². The lowest BCUT2D eigenvalue weighted by atomic mass is 10.2. The molecule has 0 saturated heterocycles. The number of aryl methyl sites for hydroxylation is 1. The molecule has 70 valence electrons. The molecule has 0 aromatic heterocycles. The van der Waals surface area contributed by atoms with E-state index >= 15 is 0 Å². The lowest BCUT2D eigenvalue weighted by molar-refractivity contribution is 1.52. The Hall–Kier alpha value is -0.0562. The Kier molecular flexibility index (Phi) is 3.38. The van der Waals surface area contributed by atoms with Gasteiger partial charge in [0.25, 0.3) is 0 Å². The molecule has 1 rings (SSSR count). The van der Waals surface area contributed by atoms with E-state index in [1.807, 2.05) is 0 Å². The van der Waals surface area contributed by atoms with Crippen molar-refractivity contribution in [2.24, 2.45) is 0 Å². The molecule has 1 aromatic carbocycles. The van der Waals surface area contributed by atoms with Crippen molar-refractivity contribution >= 4 is 38.4 Å². The monoisotopic (exact) mass is 226 g/mol. The van der Waals surface area contributed by atoms with Gasteiger partial charge in [-0.1, -0.05) is 48.6 Å². The molecule has 0 heterocycles. The van der Waals surface area contributed by atoms with Crippen LogP contribution in [0.5, 0.6) is 0 Å². The second-order valence-electron chi connectivity index (χ2n) is 4.37. The number of rotatable bonds is 2. The van der Waals surface area contributed by atoms with E-state index in [4.69, 9.17) is 11.1 Å². The molecule has 2 radical (unpaired) electrons.